The number of sulfonamides is 1. The van der Waals surface area contributed by atoms with E-state index >= 15 is 0 Å². The number of hydrogen-bond donors (Lipinski definition) is 1. The molecule has 6 nitrogen and oxygen atoms in total. The van der Waals surface area contributed by atoms with E-state index in [2.05, 4.69) is 14.7 Å². The average Bonchev–Trinajstić information content (AvgIpc) is 2.67. The van der Waals surface area contributed by atoms with Gasteiger partial charge in [-0.15, -0.1) is 11.3 Å². The summed E-state index contributed by atoms with van der Waals surface area (Å²) in [6.07, 6.45) is 2.68. The highest BCUT2D eigenvalue weighted by Crippen LogP contribution is 2.43. The zero-order valence-electron chi connectivity index (χ0n) is 9.72. The Balaban J connectivity index is 2.44. The normalized spacial score (nSPS) is 11.4. The third-order valence-corrected chi connectivity index (χ3v) is 6.60. The Labute approximate surface area is 133 Å². The number of aromatic nitrogens is 2. The Kier molecular flexibility index (Phi) is 4.60. The van der Waals surface area contributed by atoms with E-state index in [1.807, 2.05) is 0 Å². The standard InChI is InChI=1S/C9H6Cl3N3O3S2/c1-18-8-7(13-2-3-14-8)15-20(16,17)9-5(11)4(10)6(12)19-9/h2-3H,1H3,(H,13,15). The second-order valence-electron chi connectivity index (χ2n) is 3.31. The highest BCUT2D eigenvalue weighted by Gasteiger charge is 2.26. The van der Waals surface area contributed by atoms with Gasteiger partial charge in [0.05, 0.1) is 17.2 Å². The third kappa shape index (κ3) is 2.94. The van der Waals surface area contributed by atoms with Crippen LogP contribution in [0.25, 0.3) is 0 Å². The summed E-state index contributed by atoms with van der Waals surface area (Å²) >= 11 is 18.1. The molecule has 0 saturated carbocycles. The van der Waals surface area contributed by atoms with Crippen LogP contribution in [0.15, 0.2) is 16.6 Å². The number of hydrogen-bond acceptors (Lipinski definition) is 6. The van der Waals surface area contributed by atoms with Gasteiger partial charge >= 0.3 is 0 Å². The van der Waals surface area contributed by atoms with E-state index in [9.17, 15) is 8.42 Å². The fraction of sp³-hybridized carbons (Fsp3) is 0.111. The number of nitrogens with one attached hydrogen (secondary N) is 1. The predicted molar refractivity (Wildman–Crippen MR) is 78.7 cm³/mol. The van der Waals surface area contributed by atoms with Crippen LogP contribution in [0.1, 0.15) is 0 Å². The topological polar surface area (TPSA) is 81.2 Å². The lowest BCUT2D eigenvalue weighted by atomic mass is 10.6. The predicted octanol–water partition coefficient (Wildman–Crippen LogP) is 3.31. The van der Waals surface area contributed by atoms with Crippen LogP contribution in [-0.4, -0.2) is 25.5 Å². The first-order valence-electron chi connectivity index (χ1n) is 4.88. The van der Waals surface area contributed by atoms with Crippen molar-refractivity contribution in [3.05, 3.63) is 26.8 Å². The van der Waals surface area contributed by atoms with Crippen molar-refractivity contribution < 1.29 is 13.2 Å². The first-order valence-corrected chi connectivity index (χ1v) is 8.31. The average molecular weight is 375 g/mol. The van der Waals surface area contributed by atoms with Crippen molar-refractivity contribution in [1.29, 1.82) is 0 Å². The lowest BCUT2D eigenvalue weighted by molar-refractivity contribution is 0.398. The Morgan fingerprint density at radius 1 is 1.20 bits per heavy atom. The summed E-state index contributed by atoms with van der Waals surface area (Å²) in [4.78, 5) is 7.66. The minimum Gasteiger partial charge on any atom is -0.478 e. The highest BCUT2D eigenvalue weighted by molar-refractivity contribution is 7.94. The highest BCUT2D eigenvalue weighted by atomic mass is 35.5. The number of anilines is 1. The van der Waals surface area contributed by atoms with Crippen LogP contribution in [0.2, 0.25) is 14.4 Å². The SMILES string of the molecule is COc1nccnc1NS(=O)(=O)c1sc(Cl)c(Cl)c1Cl. The van der Waals surface area contributed by atoms with Crippen molar-refractivity contribution >= 4 is 62.0 Å². The van der Waals surface area contributed by atoms with Crippen molar-refractivity contribution in [3.63, 3.8) is 0 Å². The molecule has 11 heteroatoms. The third-order valence-electron chi connectivity index (χ3n) is 2.06. The smallest absolute Gasteiger partial charge is 0.274 e. The van der Waals surface area contributed by atoms with E-state index < -0.39 is 10.0 Å². The molecule has 0 radical (unpaired) electrons. The molecule has 2 aromatic rings. The molecule has 108 valence electrons. The van der Waals surface area contributed by atoms with Gasteiger partial charge in [0.1, 0.15) is 4.34 Å². The van der Waals surface area contributed by atoms with Crippen molar-refractivity contribution in [3.8, 4) is 5.88 Å². The molecule has 0 aromatic carbocycles. The fourth-order valence-electron chi connectivity index (χ4n) is 1.24. The second kappa shape index (κ2) is 5.90. The van der Waals surface area contributed by atoms with Gasteiger partial charge in [-0.1, -0.05) is 34.8 Å². The van der Waals surface area contributed by atoms with Crippen molar-refractivity contribution in [1.82, 2.24) is 9.97 Å². The Bertz CT molecular complexity index is 748. The number of thiophene rings is 1. The van der Waals surface area contributed by atoms with E-state index in [0.717, 1.165) is 11.3 Å². The van der Waals surface area contributed by atoms with Gasteiger partial charge in [-0.25, -0.2) is 18.4 Å². The number of halogens is 3. The van der Waals surface area contributed by atoms with Crippen molar-refractivity contribution in [2.24, 2.45) is 0 Å². The second-order valence-corrected chi connectivity index (χ2v) is 7.57. The molecule has 0 atom stereocenters. The van der Waals surface area contributed by atoms with Gasteiger partial charge in [0.25, 0.3) is 15.9 Å². The summed E-state index contributed by atoms with van der Waals surface area (Å²) in [7, 11) is -2.65. The largest absolute Gasteiger partial charge is 0.478 e. The number of methoxy groups -OCH3 is 1. The first-order chi connectivity index (χ1) is 9.36. The number of rotatable bonds is 4. The van der Waals surface area contributed by atoms with Gasteiger partial charge in [-0.3, -0.25) is 4.72 Å². The van der Waals surface area contributed by atoms with E-state index in [4.69, 9.17) is 39.5 Å². The monoisotopic (exact) mass is 373 g/mol. The number of ether oxygens (including phenoxy) is 1. The molecule has 0 unspecified atom stereocenters. The molecule has 0 amide bonds. The Hall–Kier alpha value is -0.800. The molecule has 0 spiro atoms. The van der Waals surface area contributed by atoms with E-state index in [1.54, 1.807) is 0 Å². The lowest BCUT2D eigenvalue weighted by Crippen LogP contribution is -2.14. The summed E-state index contributed by atoms with van der Waals surface area (Å²) in [6, 6.07) is 0. The van der Waals surface area contributed by atoms with Gasteiger partial charge in [-0.2, -0.15) is 0 Å². The molecule has 1 N–H and O–H groups in total. The molecule has 2 rings (SSSR count). The summed E-state index contributed by atoms with van der Waals surface area (Å²) in [5.74, 6) is -0.0346. The quantitative estimate of drug-likeness (QED) is 0.888. The van der Waals surface area contributed by atoms with Crippen LogP contribution in [0.5, 0.6) is 5.88 Å². The lowest BCUT2D eigenvalue weighted by Gasteiger charge is -2.08. The van der Waals surface area contributed by atoms with Gasteiger partial charge in [0.15, 0.2) is 4.21 Å². The summed E-state index contributed by atoms with van der Waals surface area (Å²) in [6.45, 7) is 0. The van der Waals surface area contributed by atoms with Crippen LogP contribution in [0, 0.1) is 0 Å². The van der Waals surface area contributed by atoms with Crippen LogP contribution >= 0.6 is 46.1 Å². The van der Waals surface area contributed by atoms with Gasteiger partial charge in [0, 0.05) is 12.4 Å². The summed E-state index contributed by atoms with van der Waals surface area (Å²) in [5, 5.41) is -0.151. The first kappa shape index (κ1) is 15.6. The Morgan fingerprint density at radius 2 is 1.85 bits per heavy atom. The number of nitrogens with zero attached hydrogens (tertiary/aromatic N) is 2. The van der Waals surface area contributed by atoms with E-state index in [1.165, 1.54) is 19.5 Å². The molecular formula is C9H6Cl3N3O3S2. The summed E-state index contributed by atoms with van der Waals surface area (Å²) < 4.78 is 31.5. The van der Waals surface area contributed by atoms with Crippen LogP contribution in [0.4, 0.5) is 5.82 Å². The molecule has 0 aliphatic rings. The maximum Gasteiger partial charge on any atom is 0.274 e. The zero-order valence-corrected chi connectivity index (χ0v) is 13.6. The molecular weight excluding hydrogens is 369 g/mol. The van der Waals surface area contributed by atoms with Crippen molar-refractivity contribution in [2.75, 3.05) is 11.8 Å². The molecule has 2 aromatic heterocycles. The minimum absolute atomic E-state index is 0.00943. The molecule has 0 aliphatic carbocycles. The molecule has 2 heterocycles. The van der Waals surface area contributed by atoms with Gasteiger partial charge in [-0.05, 0) is 0 Å². The van der Waals surface area contributed by atoms with Gasteiger partial charge < -0.3 is 4.74 Å². The van der Waals surface area contributed by atoms with Crippen LogP contribution < -0.4 is 9.46 Å². The maximum atomic E-state index is 12.2. The van der Waals surface area contributed by atoms with E-state index in [-0.39, 0.29) is 30.3 Å². The molecule has 20 heavy (non-hydrogen) atoms. The maximum absolute atomic E-state index is 12.2. The van der Waals surface area contributed by atoms with E-state index in [0.29, 0.717) is 0 Å². The fourth-order valence-corrected chi connectivity index (χ4v) is 4.83. The van der Waals surface area contributed by atoms with Gasteiger partial charge in [0.2, 0.25) is 5.82 Å². The Morgan fingerprint density at radius 3 is 2.40 bits per heavy atom. The van der Waals surface area contributed by atoms with Crippen molar-refractivity contribution in [2.45, 2.75) is 4.21 Å². The zero-order chi connectivity index (χ0) is 14.9. The minimum atomic E-state index is -3.99. The molecule has 0 aliphatic heterocycles. The molecule has 0 fully saturated rings. The van der Waals surface area contributed by atoms with Crippen LogP contribution in [-0.2, 0) is 10.0 Å². The van der Waals surface area contributed by atoms with Crippen LogP contribution in [0.3, 0.4) is 0 Å². The molecule has 0 bridgehead atoms. The molecule has 0 saturated heterocycles. The summed E-state index contributed by atoms with van der Waals surface area (Å²) in [5.41, 5.74) is 0.